The molecule has 1 N–H and O–H groups in total. The quantitative estimate of drug-likeness (QED) is 0.821. The SMILES string of the molecule is CC(Cc1cccc(F)c1)N[C@@H](C)c1ccc(Br)cc1. The second kappa shape index (κ2) is 7.00. The van der Waals surface area contributed by atoms with E-state index in [1.165, 1.54) is 11.6 Å². The number of hydrogen-bond acceptors (Lipinski definition) is 1. The van der Waals surface area contributed by atoms with Crippen LogP contribution >= 0.6 is 15.9 Å². The molecule has 1 unspecified atom stereocenters. The first kappa shape index (κ1) is 15.2. The van der Waals surface area contributed by atoms with Crippen molar-refractivity contribution in [2.24, 2.45) is 0 Å². The fourth-order valence-electron chi connectivity index (χ4n) is 2.35. The molecule has 106 valence electrons. The van der Waals surface area contributed by atoms with Gasteiger partial charge in [0.15, 0.2) is 0 Å². The molecule has 0 saturated heterocycles. The summed E-state index contributed by atoms with van der Waals surface area (Å²) in [5, 5.41) is 3.55. The zero-order valence-corrected chi connectivity index (χ0v) is 13.3. The summed E-state index contributed by atoms with van der Waals surface area (Å²) in [5.74, 6) is -0.171. The molecule has 2 rings (SSSR count). The molecule has 0 aliphatic carbocycles. The predicted molar refractivity (Wildman–Crippen MR) is 85.3 cm³/mol. The molecule has 0 heterocycles. The average Bonchev–Trinajstić information content (AvgIpc) is 2.39. The molecule has 2 atom stereocenters. The number of rotatable bonds is 5. The third-order valence-electron chi connectivity index (χ3n) is 3.34. The molecule has 0 aliphatic heterocycles. The van der Waals surface area contributed by atoms with Gasteiger partial charge in [-0.2, -0.15) is 0 Å². The fourth-order valence-corrected chi connectivity index (χ4v) is 2.62. The Labute approximate surface area is 128 Å². The Kier molecular flexibility index (Phi) is 5.32. The van der Waals surface area contributed by atoms with Crippen LogP contribution in [0.25, 0.3) is 0 Å². The standard InChI is InChI=1S/C17H19BrFN/c1-12(10-14-4-3-5-17(19)11-14)20-13(2)15-6-8-16(18)9-7-15/h3-9,11-13,20H,10H2,1-2H3/t12?,13-/m0/s1. The van der Waals surface area contributed by atoms with Gasteiger partial charge in [-0.15, -0.1) is 0 Å². The van der Waals surface area contributed by atoms with E-state index in [0.717, 1.165) is 16.5 Å². The lowest BCUT2D eigenvalue weighted by Crippen LogP contribution is -2.30. The van der Waals surface area contributed by atoms with Crippen LogP contribution in [0.5, 0.6) is 0 Å². The average molecular weight is 336 g/mol. The Bertz CT molecular complexity index is 553. The highest BCUT2D eigenvalue weighted by Gasteiger charge is 2.10. The van der Waals surface area contributed by atoms with Crippen LogP contribution < -0.4 is 5.32 Å². The monoisotopic (exact) mass is 335 g/mol. The molecule has 3 heteroatoms. The summed E-state index contributed by atoms with van der Waals surface area (Å²) in [5.41, 5.74) is 2.27. The number of hydrogen-bond donors (Lipinski definition) is 1. The predicted octanol–water partition coefficient (Wildman–Crippen LogP) is 4.87. The van der Waals surface area contributed by atoms with Gasteiger partial charge < -0.3 is 5.32 Å². The molecular formula is C17H19BrFN. The van der Waals surface area contributed by atoms with Crippen molar-refractivity contribution in [3.8, 4) is 0 Å². The molecule has 2 aromatic rings. The van der Waals surface area contributed by atoms with Gasteiger partial charge in [0.25, 0.3) is 0 Å². The molecule has 0 aromatic heterocycles. The highest BCUT2D eigenvalue weighted by atomic mass is 79.9. The van der Waals surface area contributed by atoms with Gasteiger partial charge in [-0.1, -0.05) is 40.2 Å². The second-order valence-corrected chi connectivity index (χ2v) is 6.09. The van der Waals surface area contributed by atoms with E-state index in [9.17, 15) is 4.39 Å². The third-order valence-corrected chi connectivity index (χ3v) is 3.86. The van der Waals surface area contributed by atoms with Gasteiger partial charge in [0.05, 0.1) is 0 Å². The van der Waals surface area contributed by atoms with Crippen molar-refractivity contribution in [2.75, 3.05) is 0 Å². The van der Waals surface area contributed by atoms with E-state index in [0.29, 0.717) is 0 Å². The summed E-state index contributed by atoms with van der Waals surface area (Å²) >= 11 is 3.44. The molecule has 20 heavy (non-hydrogen) atoms. The van der Waals surface area contributed by atoms with Crippen LogP contribution in [-0.2, 0) is 6.42 Å². The molecule has 0 saturated carbocycles. The maximum absolute atomic E-state index is 13.2. The molecule has 1 nitrogen and oxygen atoms in total. The Morgan fingerprint density at radius 3 is 2.45 bits per heavy atom. The number of halogens is 2. The first-order valence-electron chi connectivity index (χ1n) is 6.80. The first-order chi connectivity index (χ1) is 9.54. The normalized spacial score (nSPS) is 14.0. The van der Waals surface area contributed by atoms with Crippen molar-refractivity contribution >= 4 is 15.9 Å². The van der Waals surface area contributed by atoms with E-state index in [1.807, 2.05) is 18.2 Å². The van der Waals surface area contributed by atoms with Gasteiger partial charge in [0.2, 0.25) is 0 Å². The minimum absolute atomic E-state index is 0.171. The van der Waals surface area contributed by atoms with Crippen molar-refractivity contribution < 1.29 is 4.39 Å². The number of nitrogens with one attached hydrogen (secondary N) is 1. The smallest absolute Gasteiger partial charge is 0.123 e. The van der Waals surface area contributed by atoms with Crippen molar-refractivity contribution in [3.05, 3.63) is 69.9 Å². The summed E-state index contributed by atoms with van der Waals surface area (Å²) in [6.45, 7) is 4.27. The molecule has 0 spiro atoms. The Morgan fingerprint density at radius 2 is 1.80 bits per heavy atom. The van der Waals surface area contributed by atoms with Crippen molar-refractivity contribution in [3.63, 3.8) is 0 Å². The lowest BCUT2D eigenvalue weighted by atomic mass is 10.0. The van der Waals surface area contributed by atoms with Crippen LogP contribution in [0, 0.1) is 5.82 Å². The summed E-state index contributed by atoms with van der Waals surface area (Å²) in [6.07, 6.45) is 0.818. The Hall–Kier alpha value is -1.19. The van der Waals surface area contributed by atoms with Crippen molar-refractivity contribution in [2.45, 2.75) is 32.4 Å². The van der Waals surface area contributed by atoms with E-state index in [-0.39, 0.29) is 17.9 Å². The van der Waals surface area contributed by atoms with Crippen LogP contribution in [0.2, 0.25) is 0 Å². The van der Waals surface area contributed by atoms with Gasteiger partial charge in [0, 0.05) is 16.6 Å². The molecule has 0 amide bonds. The maximum atomic E-state index is 13.2. The zero-order valence-electron chi connectivity index (χ0n) is 11.7. The van der Waals surface area contributed by atoms with Crippen molar-refractivity contribution in [1.82, 2.24) is 5.32 Å². The lowest BCUT2D eigenvalue weighted by molar-refractivity contribution is 0.476. The summed E-state index contributed by atoms with van der Waals surface area (Å²) in [7, 11) is 0. The lowest BCUT2D eigenvalue weighted by Gasteiger charge is -2.20. The largest absolute Gasteiger partial charge is 0.307 e. The highest BCUT2D eigenvalue weighted by molar-refractivity contribution is 9.10. The van der Waals surface area contributed by atoms with E-state index in [2.05, 4.69) is 47.2 Å². The fraction of sp³-hybridized carbons (Fsp3) is 0.294. The van der Waals surface area contributed by atoms with Gasteiger partial charge >= 0.3 is 0 Å². The zero-order chi connectivity index (χ0) is 14.5. The van der Waals surface area contributed by atoms with Crippen LogP contribution in [0.1, 0.15) is 31.0 Å². The number of benzene rings is 2. The minimum Gasteiger partial charge on any atom is -0.307 e. The van der Waals surface area contributed by atoms with Crippen molar-refractivity contribution in [1.29, 1.82) is 0 Å². The van der Waals surface area contributed by atoms with E-state index >= 15 is 0 Å². The third kappa shape index (κ3) is 4.43. The summed E-state index contributed by atoms with van der Waals surface area (Å²) in [4.78, 5) is 0. The Morgan fingerprint density at radius 1 is 1.10 bits per heavy atom. The summed E-state index contributed by atoms with van der Waals surface area (Å²) in [6, 6.07) is 15.7. The first-order valence-corrected chi connectivity index (χ1v) is 7.60. The molecule has 0 fully saturated rings. The van der Waals surface area contributed by atoms with Crippen LogP contribution in [-0.4, -0.2) is 6.04 Å². The molecule has 0 bridgehead atoms. The van der Waals surface area contributed by atoms with E-state index < -0.39 is 0 Å². The molecule has 0 aliphatic rings. The molecule has 2 aromatic carbocycles. The Balaban J connectivity index is 1.93. The summed E-state index contributed by atoms with van der Waals surface area (Å²) < 4.78 is 14.2. The highest BCUT2D eigenvalue weighted by Crippen LogP contribution is 2.17. The minimum atomic E-state index is -0.171. The second-order valence-electron chi connectivity index (χ2n) is 5.17. The van der Waals surface area contributed by atoms with Gasteiger partial charge in [-0.25, -0.2) is 4.39 Å². The van der Waals surface area contributed by atoms with E-state index in [4.69, 9.17) is 0 Å². The van der Waals surface area contributed by atoms with Gasteiger partial charge in [-0.05, 0) is 55.7 Å². The van der Waals surface area contributed by atoms with E-state index in [1.54, 1.807) is 12.1 Å². The van der Waals surface area contributed by atoms with Crippen LogP contribution in [0.15, 0.2) is 53.0 Å². The molecule has 0 radical (unpaired) electrons. The topological polar surface area (TPSA) is 12.0 Å². The molecular weight excluding hydrogens is 317 g/mol. The van der Waals surface area contributed by atoms with Gasteiger partial charge in [-0.3, -0.25) is 0 Å². The van der Waals surface area contributed by atoms with Gasteiger partial charge in [0.1, 0.15) is 5.82 Å². The van der Waals surface area contributed by atoms with Crippen LogP contribution in [0.3, 0.4) is 0 Å². The maximum Gasteiger partial charge on any atom is 0.123 e. The van der Waals surface area contributed by atoms with Crippen LogP contribution in [0.4, 0.5) is 4.39 Å².